The molecule has 0 fully saturated rings. The van der Waals surface area contributed by atoms with E-state index in [9.17, 15) is 14.7 Å². The van der Waals surface area contributed by atoms with Gasteiger partial charge >= 0.3 is 5.97 Å². The number of amides is 1. The van der Waals surface area contributed by atoms with Gasteiger partial charge in [0, 0.05) is 18.4 Å². The molecule has 0 rings (SSSR count). The monoisotopic (exact) mass is 267 g/mol. The maximum Gasteiger partial charge on any atom is 0.327 e. The van der Waals surface area contributed by atoms with Crippen LogP contribution < -0.4 is 5.32 Å². The Balaban J connectivity index is 3.98. The molecular weight excluding hydrogens is 250 g/mol. The Labute approximate surface area is 103 Å². The number of rotatable bonds is 8. The van der Waals surface area contributed by atoms with Crippen LogP contribution in [-0.4, -0.2) is 68.7 Å². The Morgan fingerprint density at radius 3 is 2.24 bits per heavy atom. The van der Waals surface area contributed by atoms with Gasteiger partial charge in [0.25, 0.3) is 0 Å². The number of carboxylic acids is 1. The zero-order chi connectivity index (χ0) is 13.4. The van der Waals surface area contributed by atoms with Crippen LogP contribution in [0.25, 0.3) is 0 Å². The number of hydrogen-bond acceptors (Lipinski definition) is 6. The summed E-state index contributed by atoms with van der Waals surface area (Å²) in [4.78, 5) is 21.4. The molecule has 0 aliphatic rings. The van der Waals surface area contributed by atoms with E-state index in [0.29, 0.717) is 0 Å². The van der Waals surface area contributed by atoms with Crippen molar-refractivity contribution in [2.45, 2.75) is 25.2 Å². The standard InChI is InChI=1S/C9H17NO6S/c1-5(12)10-6(9(15)16)3-17-4-8(14)7(13)2-11/h6-8,11,13-14H,2-4H2,1H3,(H,10,12)(H,15,16). The van der Waals surface area contributed by atoms with Crippen molar-refractivity contribution in [1.82, 2.24) is 5.32 Å². The van der Waals surface area contributed by atoms with Crippen molar-refractivity contribution in [3.8, 4) is 0 Å². The minimum atomic E-state index is -1.24. The van der Waals surface area contributed by atoms with Gasteiger partial charge in [0.05, 0.1) is 12.7 Å². The third-order valence-corrected chi connectivity index (χ3v) is 3.03. The lowest BCUT2D eigenvalue weighted by Crippen LogP contribution is -2.42. The van der Waals surface area contributed by atoms with E-state index in [1.54, 1.807) is 0 Å². The van der Waals surface area contributed by atoms with E-state index >= 15 is 0 Å². The highest BCUT2D eigenvalue weighted by molar-refractivity contribution is 7.99. The summed E-state index contributed by atoms with van der Waals surface area (Å²) in [6, 6.07) is -1.03. The Kier molecular flexibility index (Phi) is 7.88. The molecule has 0 heterocycles. The van der Waals surface area contributed by atoms with E-state index in [4.69, 9.17) is 15.3 Å². The van der Waals surface area contributed by atoms with Gasteiger partial charge in [-0.2, -0.15) is 11.8 Å². The summed E-state index contributed by atoms with van der Waals surface area (Å²) in [5, 5.41) is 37.9. The van der Waals surface area contributed by atoms with Crippen LogP contribution in [0.5, 0.6) is 0 Å². The molecule has 8 heteroatoms. The van der Waals surface area contributed by atoms with Crippen LogP contribution in [-0.2, 0) is 9.59 Å². The zero-order valence-electron chi connectivity index (χ0n) is 9.37. The second kappa shape index (κ2) is 8.29. The molecule has 0 saturated carbocycles. The largest absolute Gasteiger partial charge is 0.480 e. The highest BCUT2D eigenvalue weighted by Crippen LogP contribution is 2.08. The number of aliphatic hydroxyl groups excluding tert-OH is 3. The van der Waals surface area contributed by atoms with Gasteiger partial charge in [-0.1, -0.05) is 0 Å². The van der Waals surface area contributed by atoms with Crippen molar-refractivity contribution < 1.29 is 30.0 Å². The highest BCUT2D eigenvalue weighted by atomic mass is 32.2. The van der Waals surface area contributed by atoms with E-state index < -0.39 is 36.7 Å². The van der Waals surface area contributed by atoms with Gasteiger partial charge < -0.3 is 25.7 Å². The summed E-state index contributed by atoms with van der Waals surface area (Å²) in [5.41, 5.74) is 0. The lowest BCUT2D eigenvalue weighted by Gasteiger charge is -2.17. The average Bonchev–Trinajstić information content (AvgIpc) is 2.25. The second-order valence-corrected chi connectivity index (χ2v) is 4.52. The zero-order valence-corrected chi connectivity index (χ0v) is 10.2. The molecule has 0 bridgehead atoms. The maximum absolute atomic E-state index is 10.7. The predicted octanol–water partition coefficient (Wildman–Crippen LogP) is -1.98. The average molecular weight is 267 g/mol. The topological polar surface area (TPSA) is 127 Å². The van der Waals surface area contributed by atoms with E-state index in [1.165, 1.54) is 6.92 Å². The molecule has 3 atom stereocenters. The van der Waals surface area contributed by atoms with Crippen molar-refractivity contribution in [2.75, 3.05) is 18.1 Å². The third kappa shape index (κ3) is 7.16. The van der Waals surface area contributed by atoms with Gasteiger partial charge in [0.15, 0.2) is 0 Å². The van der Waals surface area contributed by atoms with Crippen molar-refractivity contribution >= 4 is 23.6 Å². The third-order valence-electron chi connectivity index (χ3n) is 1.88. The van der Waals surface area contributed by atoms with Crippen molar-refractivity contribution in [3.63, 3.8) is 0 Å². The molecule has 0 aromatic heterocycles. The van der Waals surface area contributed by atoms with Crippen molar-refractivity contribution in [2.24, 2.45) is 0 Å². The number of nitrogens with one attached hydrogen (secondary N) is 1. The first-order valence-corrected chi connectivity index (χ1v) is 6.08. The molecule has 7 nitrogen and oxygen atoms in total. The van der Waals surface area contributed by atoms with Gasteiger partial charge in [-0.15, -0.1) is 0 Å². The van der Waals surface area contributed by atoms with Crippen molar-refractivity contribution in [3.05, 3.63) is 0 Å². The van der Waals surface area contributed by atoms with E-state index in [0.717, 1.165) is 11.8 Å². The summed E-state index contributed by atoms with van der Waals surface area (Å²) in [6.07, 6.45) is -2.37. The molecular formula is C9H17NO6S. The van der Waals surface area contributed by atoms with Gasteiger partial charge in [-0.25, -0.2) is 4.79 Å². The molecule has 0 aliphatic heterocycles. The maximum atomic E-state index is 10.7. The van der Waals surface area contributed by atoms with Crippen LogP contribution in [0.2, 0.25) is 0 Å². The SMILES string of the molecule is CC(=O)NC(CSCC(O)C(O)CO)C(=O)O. The summed E-state index contributed by atoms with van der Waals surface area (Å²) in [6.45, 7) is 0.654. The molecule has 100 valence electrons. The molecule has 0 radical (unpaired) electrons. The number of aliphatic hydroxyl groups is 3. The molecule has 0 aliphatic carbocycles. The molecule has 0 aromatic carbocycles. The van der Waals surface area contributed by atoms with Crippen LogP contribution >= 0.6 is 11.8 Å². The lowest BCUT2D eigenvalue weighted by atomic mass is 10.2. The fourth-order valence-corrected chi connectivity index (χ4v) is 2.02. The second-order valence-electron chi connectivity index (χ2n) is 3.45. The predicted molar refractivity (Wildman–Crippen MR) is 61.7 cm³/mol. The number of hydrogen-bond donors (Lipinski definition) is 5. The Morgan fingerprint density at radius 1 is 1.24 bits per heavy atom. The summed E-state index contributed by atoms with van der Waals surface area (Å²) >= 11 is 1.07. The number of carbonyl (C=O) groups excluding carboxylic acids is 1. The normalized spacial score (nSPS) is 16.0. The molecule has 0 spiro atoms. The molecule has 17 heavy (non-hydrogen) atoms. The number of aliphatic carboxylic acids is 1. The van der Waals surface area contributed by atoms with Crippen LogP contribution in [0.4, 0.5) is 0 Å². The number of thioether (sulfide) groups is 1. The minimum absolute atomic E-state index is 0.0735. The molecule has 5 N–H and O–H groups in total. The van der Waals surface area contributed by atoms with Crippen LogP contribution in [0.15, 0.2) is 0 Å². The number of carbonyl (C=O) groups is 2. The van der Waals surface area contributed by atoms with Crippen LogP contribution in [0.1, 0.15) is 6.92 Å². The van der Waals surface area contributed by atoms with Gasteiger partial charge in [0.2, 0.25) is 5.91 Å². The fourth-order valence-electron chi connectivity index (χ4n) is 0.959. The molecule has 1 amide bonds. The van der Waals surface area contributed by atoms with Crippen LogP contribution in [0, 0.1) is 0 Å². The van der Waals surface area contributed by atoms with E-state index in [-0.39, 0.29) is 11.5 Å². The van der Waals surface area contributed by atoms with Gasteiger partial charge in [-0.3, -0.25) is 4.79 Å². The smallest absolute Gasteiger partial charge is 0.327 e. The van der Waals surface area contributed by atoms with Gasteiger partial charge in [-0.05, 0) is 0 Å². The summed E-state index contributed by atoms with van der Waals surface area (Å²) < 4.78 is 0. The molecule has 3 unspecified atom stereocenters. The summed E-state index contributed by atoms with van der Waals surface area (Å²) in [5.74, 6) is -1.46. The van der Waals surface area contributed by atoms with E-state index in [2.05, 4.69) is 5.32 Å². The van der Waals surface area contributed by atoms with Gasteiger partial charge in [0.1, 0.15) is 12.1 Å². The Bertz CT molecular complexity index is 262. The first-order valence-electron chi connectivity index (χ1n) is 4.93. The minimum Gasteiger partial charge on any atom is -0.480 e. The molecule has 0 saturated heterocycles. The Hall–Kier alpha value is -0.830. The fraction of sp³-hybridized carbons (Fsp3) is 0.778. The lowest BCUT2D eigenvalue weighted by molar-refractivity contribution is -0.140. The first-order chi connectivity index (χ1) is 7.88. The van der Waals surface area contributed by atoms with E-state index in [1.807, 2.05) is 0 Å². The Morgan fingerprint density at radius 2 is 1.82 bits per heavy atom. The first kappa shape index (κ1) is 16.2. The highest BCUT2D eigenvalue weighted by Gasteiger charge is 2.20. The molecule has 0 aromatic rings. The van der Waals surface area contributed by atoms with Crippen LogP contribution in [0.3, 0.4) is 0 Å². The van der Waals surface area contributed by atoms with Crippen molar-refractivity contribution in [1.29, 1.82) is 0 Å². The summed E-state index contributed by atoms with van der Waals surface area (Å²) in [7, 11) is 0. The quantitative estimate of drug-likeness (QED) is 0.345. The number of carboxylic acid groups (broad SMARTS) is 1.